The van der Waals surface area contributed by atoms with Crippen LogP contribution in [0.15, 0.2) is 12.5 Å². The number of aromatic nitrogens is 2. The Labute approximate surface area is 90.1 Å². The molecule has 0 unspecified atom stereocenters. The molecule has 0 aliphatic heterocycles. The van der Waals surface area contributed by atoms with Gasteiger partial charge in [-0.15, -0.1) is 0 Å². The minimum atomic E-state index is -0.286. The van der Waals surface area contributed by atoms with Gasteiger partial charge in [-0.25, -0.2) is 4.98 Å². The smallest absolute Gasteiger partial charge is 0.0948 e. The molecule has 15 heavy (non-hydrogen) atoms. The van der Waals surface area contributed by atoms with Gasteiger partial charge in [-0.05, 0) is 32.6 Å². The Morgan fingerprint density at radius 3 is 2.87 bits per heavy atom. The fraction of sp³-hybridized carbons (Fsp3) is 0.727. The first-order valence-corrected chi connectivity index (χ1v) is 5.63. The number of nitrogens with two attached hydrogens (primary N) is 1. The highest BCUT2D eigenvalue weighted by Gasteiger charge is 2.34. The molecule has 0 saturated heterocycles. The molecule has 0 bridgehead atoms. The van der Waals surface area contributed by atoms with Crippen LogP contribution in [0.5, 0.6) is 0 Å². The molecule has 0 amide bonds. The predicted molar refractivity (Wildman–Crippen MR) is 58.2 cm³/mol. The topological polar surface area (TPSA) is 64.1 Å². The summed E-state index contributed by atoms with van der Waals surface area (Å²) in [5.74, 6) is 0. The van der Waals surface area contributed by atoms with Crippen molar-refractivity contribution in [2.75, 3.05) is 0 Å². The molecule has 1 saturated carbocycles. The summed E-state index contributed by atoms with van der Waals surface area (Å²) in [6.07, 6.45) is 6.81. The molecule has 84 valence electrons. The van der Waals surface area contributed by atoms with Crippen LogP contribution in [0, 0.1) is 0 Å². The first-order valence-electron chi connectivity index (χ1n) is 5.63. The van der Waals surface area contributed by atoms with Crippen LogP contribution >= 0.6 is 0 Å². The fourth-order valence-corrected chi connectivity index (χ4v) is 2.36. The highest BCUT2D eigenvalue weighted by molar-refractivity contribution is 5.14. The minimum Gasteiger partial charge on any atom is -0.393 e. The zero-order valence-electron chi connectivity index (χ0n) is 9.19. The number of aliphatic hydroxyl groups is 1. The molecule has 1 aliphatic carbocycles. The highest BCUT2D eigenvalue weighted by Crippen LogP contribution is 2.34. The first-order chi connectivity index (χ1) is 7.15. The Morgan fingerprint density at radius 1 is 1.60 bits per heavy atom. The Hall–Kier alpha value is -0.870. The van der Waals surface area contributed by atoms with Gasteiger partial charge in [0, 0.05) is 6.54 Å². The molecule has 0 atom stereocenters. The number of hydrogen-bond acceptors (Lipinski definition) is 3. The number of hydrogen-bond donors (Lipinski definition) is 2. The number of aryl methyl sites for hydroxylation is 1. The average molecular weight is 209 g/mol. The minimum absolute atomic E-state index is 0.167. The maximum atomic E-state index is 9.49. The molecule has 4 heteroatoms. The van der Waals surface area contributed by atoms with Gasteiger partial charge in [0.2, 0.25) is 0 Å². The Balaban J connectivity index is 2.22. The molecule has 1 aliphatic rings. The molecular weight excluding hydrogens is 190 g/mol. The quantitative estimate of drug-likeness (QED) is 0.763. The highest BCUT2D eigenvalue weighted by atomic mass is 16.3. The van der Waals surface area contributed by atoms with Gasteiger partial charge in [0.1, 0.15) is 0 Å². The molecule has 1 fully saturated rings. The number of aliphatic hydroxyl groups excluding tert-OH is 1. The van der Waals surface area contributed by atoms with E-state index in [2.05, 4.69) is 16.5 Å². The molecule has 0 spiro atoms. The standard InChI is InChI=1S/C11H19N3O/c1-2-14-8-13-7-10(14)11(12)5-3-9(15)4-6-11/h7-9,15H,2-6,12H2,1H3. The maximum absolute atomic E-state index is 9.49. The third kappa shape index (κ3) is 1.92. The van der Waals surface area contributed by atoms with Crippen molar-refractivity contribution in [3.8, 4) is 0 Å². The monoisotopic (exact) mass is 209 g/mol. The van der Waals surface area contributed by atoms with Crippen LogP contribution in [0.1, 0.15) is 38.3 Å². The van der Waals surface area contributed by atoms with Crippen molar-refractivity contribution in [1.82, 2.24) is 9.55 Å². The van der Waals surface area contributed by atoms with E-state index >= 15 is 0 Å². The van der Waals surface area contributed by atoms with Crippen LogP contribution in [0.2, 0.25) is 0 Å². The van der Waals surface area contributed by atoms with E-state index in [4.69, 9.17) is 5.73 Å². The van der Waals surface area contributed by atoms with Gasteiger partial charge < -0.3 is 15.4 Å². The van der Waals surface area contributed by atoms with Crippen molar-refractivity contribution >= 4 is 0 Å². The molecule has 3 N–H and O–H groups in total. The zero-order valence-corrected chi connectivity index (χ0v) is 9.19. The summed E-state index contributed by atoms with van der Waals surface area (Å²) in [6.45, 7) is 2.99. The third-order valence-electron chi connectivity index (χ3n) is 3.41. The number of imidazole rings is 1. The lowest BCUT2D eigenvalue weighted by molar-refractivity contribution is 0.0944. The summed E-state index contributed by atoms with van der Waals surface area (Å²) in [4.78, 5) is 4.15. The summed E-state index contributed by atoms with van der Waals surface area (Å²) >= 11 is 0. The largest absolute Gasteiger partial charge is 0.393 e. The summed E-state index contributed by atoms with van der Waals surface area (Å²) in [5.41, 5.74) is 7.21. The van der Waals surface area contributed by atoms with E-state index in [1.165, 1.54) is 0 Å². The van der Waals surface area contributed by atoms with E-state index in [9.17, 15) is 5.11 Å². The van der Waals surface area contributed by atoms with E-state index in [1.54, 1.807) is 0 Å². The lowest BCUT2D eigenvalue weighted by Gasteiger charge is -2.35. The van der Waals surface area contributed by atoms with E-state index in [0.29, 0.717) is 0 Å². The van der Waals surface area contributed by atoms with Crippen molar-refractivity contribution in [1.29, 1.82) is 0 Å². The van der Waals surface area contributed by atoms with Gasteiger partial charge in [0.15, 0.2) is 0 Å². The van der Waals surface area contributed by atoms with Crippen LogP contribution in [-0.2, 0) is 12.1 Å². The summed E-state index contributed by atoms with van der Waals surface area (Å²) in [5, 5.41) is 9.49. The summed E-state index contributed by atoms with van der Waals surface area (Å²) in [7, 11) is 0. The molecule has 0 aromatic carbocycles. The van der Waals surface area contributed by atoms with Gasteiger partial charge in [-0.1, -0.05) is 0 Å². The fourth-order valence-electron chi connectivity index (χ4n) is 2.36. The predicted octanol–water partition coefficient (Wildman–Crippen LogP) is 0.992. The maximum Gasteiger partial charge on any atom is 0.0948 e. The zero-order chi connectivity index (χ0) is 10.9. The lowest BCUT2D eigenvalue weighted by Crippen LogP contribution is -2.43. The number of nitrogens with zero attached hydrogens (tertiary/aromatic N) is 2. The van der Waals surface area contributed by atoms with Crippen molar-refractivity contribution in [2.24, 2.45) is 5.73 Å². The van der Waals surface area contributed by atoms with Crippen molar-refractivity contribution in [2.45, 2.75) is 50.8 Å². The lowest BCUT2D eigenvalue weighted by atomic mass is 9.79. The summed E-state index contributed by atoms with van der Waals surface area (Å²) < 4.78 is 2.09. The Bertz CT molecular complexity index is 326. The molecule has 1 heterocycles. The Kier molecular flexibility index (Phi) is 2.80. The molecular formula is C11H19N3O. The SMILES string of the molecule is CCn1cncc1C1(N)CCC(O)CC1. The van der Waals surface area contributed by atoms with E-state index < -0.39 is 0 Å². The normalized spacial score (nSPS) is 31.8. The van der Waals surface area contributed by atoms with E-state index in [1.807, 2.05) is 12.5 Å². The van der Waals surface area contributed by atoms with Gasteiger partial charge >= 0.3 is 0 Å². The molecule has 2 rings (SSSR count). The van der Waals surface area contributed by atoms with Crippen molar-refractivity contribution in [3.63, 3.8) is 0 Å². The average Bonchev–Trinajstić information content (AvgIpc) is 2.71. The molecule has 4 nitrogen and oxygen atoms in total. The van der Waals surface area contributed by atoms with Gasteiger partial charge in [-0.3, -0.25) is 0 Å². The van der Waals surface area contributed by atoms with Crippen LogP contribution in [0.3, 0.4) is 0 Å². The van der Waals surface area contributed by atoms with Crippen LogP contribution in [-0.4, -0.2) is 20.8 Å². The second-order valence-electron chi connectivity index (χ2n) is 4.45. The van der Waals surface area contributed by atoms with Crippen LogP contribution < -0.4 is 5.73 Å². The van der Waals surface area contributed by atoms with Crippen molar-refractivity contribution < 1.29 is 5.11 Å². The van der Waals surface area contributed by atoms with E-state index in [0.717, 1.165) is 37.9 Å². The summed E-state index contributed by atoms with van der Waals surface area (Å²) in [6, 6.07) is 0. The third-order valence-corrected chi connectivity index (χ3v) is 3.41. The van der Waals surface area contributed by atoms with Gasteiger partial charge in [0.05, 0.1) is 29.9 Å². The van der Waals surface area contributed by atoms with Gasteiger partial charge in [0.25, 0.3) is 0 Å². The Morgan fingerprint density at radius 2 is 2.27 bits per heavy atom. The van der Waals surface area contributed by atoms with Crippen LogP contribution in [0.4, 0.5) is 0 Å². The second kappa shape index (κ2) is 3.94. The van der Waals surface area contributed by atoms with E-state index in [-0.39, 0.29) is 11.6 Å². The molecule has 1 aromatic rings. The molecule has 1 aromatic heterocycles. The first kappa shape index (κ1) is 10.6. The second-order valence-corrected chi connectivity index (χ2v) is 4.45. The molecule has 0 radical (unpaired) electrons. The number of rotatable bonds is 2. The van der Waals surface area contributed by atoms with Gasteiger partial charge in [-0.2, -0.15) is 0 Å². The van der Waals surface area contributed by atoms with Crippen molar-refractivity contribution in [3.05, 3.63) is 18.2 Å². The van der Waals surface area contributed by atoms with Crippen LogP contribution in [0.25, 0.3) is 0 Å².